The van der Waals surface area contributed by atoms with Gasteiger partial charge in [-0.15, -0.1) is 0 Å². The molecule has 3 rings (SSSR count). The summed E-state index contributed by atoms with van der Waals surface area (Å²) in [6.45, 7) is 5.33. The van der Waals surface area contributed by atoms with Gasteiger partial charge in [0.15, 0.2) is 17.0 Å². The Bertz CT molecular complexity index is 844. The van der Waals surface area contributed by atoms with E-state index in [4.69, 9.17) is 17.3 Å². The molecule has 2 aromatic heterocycles. The molecule has 7 nitrogen and oxygen atoms in total. The van der Waals surface area contributed by atoms with E-state index in [1.165, 1.54) is 0 Å². The first kappa shape index (κ1) is 16.5. The van der Waals surface area contributed by atoms with Crippen LogP contribution in [0.2, 0.25) is 5.02 Å². The number of halogens is 1. The van der Waals surface area contributed by atoms with Crippen molar-refractivity contribution >= 4 is 40.2 Å². The number of fused-ring (bicyclic) bond motifs is 1. The molecule has 0 aliphatic rings. The zero-order chi connectivity index (χ0) is 17.1. The van der Waals surface area contributed by atoms with Crippen molar-refractivity contribution < 1.29 is 0 Å². The highest BCUT2D eigenvalue weighted by Crippen LogP contribution is 2.25. The van der Waals surface area contributed by atoms with Gasteiger partial charge in [0.1, 0.15) is 0 Å². The second-order valence-electron chi connectivity index (χ2n) is 5.59. The van der Waals surface area contributed by atoms with Crippen LogP contribution in [0.15, 0.2) is 30.6 Å². The minimum Gasteiger partial charge on any atom is -0.353 e. The quantitative estimate of drug-likeness (QED) is 0.636. The number of nitrogens with two attached hydrogens (primary N) is 1. The van der Waals surface area contributed by atoms with Crippen molar-refractivity contribution in [3.05, 3.63) is 35.6 Å². The lowest BCUT2D eigenvalue weighted by molar-refractivity contribution is 0.766. The van der Waals surface area contributed by atoms with Crippen LogP contribution in [0.1, 0.15) is 13.8 Å². The number of aromatic nitrogens is 4. The van der Waals surface area contributed by atoms with E-state index in [0.717, 1.165) is 17.9 Å². The molecule has 0 radical (unpaired) electrons. The van der Waals surface area contributed by atoms with E-state index in [2.05, 4.69) is 25.6 Å². The molecular formula is C16H20ClN7. The topological polar surface area (TPSA) is 93.7 Å². The van der Waals surface area contributed by atoms with Gasteiger partial charge < -0.3 is 20.9 Å². The van der Waals surface area contributed by atoms with E-state index >= 15 is 0 Å². The highest BCUT2D eigenvalue weighted by molar-refractivity contribution is 6.30. The summed E-state index contributed by atoms with van der Waals surface area (Å²) < 4.78 is 1.97. The van der Waals surface area contributed by atoms with Crippen LogP contribution in [0.5, 0.6) is 0 Å². The molecule has 1 aromatic carbocycles. The van der Waals surface area contributed by atoms with Crippen LogP contribution in [-0.2, 0) is 6.54 Å². The van der Waals surface area contributed by atoms with Gasteiger partial charge in [-0.05, 0) is 32.0 Å². The van der Waals surface area contributed by atoms with Crippen molar-refractivity contribution in [2.24, 2.45) is 5.73 Å². The summed E-state index contributed by atoms with van der Waals surface area (Å²) in [4.78, 5) is 13.5. The van der Waals surface area contributed by atoms with Gasteiger partial charge >= 0.3 is 0 Å². The number of hydrogen-bond donors (Lipinski definition) is 3. The lowest BCUT2D eigenvalue weighted by Gasteiger charge is -2.11. The molecule has 0 spiro atoms. The third kappa shape index (κ3) is 3.58. The molecular weight excluding hydrogens is 326 g/mol. The molecule has 126 valence electrons. The van der Waals surface area contributed by atoms with E-state index in [0.29, 0.717) is 28.9 Å². The van der Waals surface area contributed by atoms with Crippen molar-refractivity contribution in [2.75, 3.05) is 17.2 Å². The first-order valence-corrected chi connectivity index (χ1v) is 8.19. The van der Waals surface area contributed by atoms with Gasteiger partial charge in [0, 0.05) is 29.8 Å². The predicted molar refractivity (Wildman–Crippen MR) is 97.9 cm³/mol. The summed E-state index contributed by atoms with van der Waals surface area (Å²) in [5.74, 6) is 1.14. The third-order valence-corrected chi connectivity index (χ3v) is 3.71. The van der Waals surface area contributed by atoms with Gasteiger partial charge in [0.2, 0.25) is 5.95 Å². The van der Waals surface area contributed by atoms with Crippen LogP contribution in [0, 0.1) is 0 Å². The Morgan fingerprint density at radius 1 is 1.33 bits per heavy atom. The number of nitrogens with one attached hydrogen (secondary N) is 2. The molecule has 24 heavy (non-hydrogen) atoms. The summed E-state index contributed by atoms with van der Waals surface area (Å²) in [6, 6.07) is 7.46. The SMILES string of the molecule is CCn1cnc2c(Nc3cccc(Cl)c3)nc(NCC(C)N)nc21. The number of aryl methyl sites for hydroxylation is 1. The van der Waals surface area contributed by atoms with Crippen LogP contribution in [0.25, 0.3) is 11.2 Å². The van der Waals surface area contributed by atoms with Crippen LogP contribution in [0.4, 0.5) is 17.5 Å². The number of rotatable bonds is 6. The van der Waals surface area contributed by atoms with Crippen molar-refractivity contribution in [3.63, 3.8) is 0 Å². The first-order valence-electron chi connectivity index (χ1n) is 7.81. The number of nitrogens with zero attached hydrogens (tertiary/aromatic N) is 4. The Labute approximate surface area is 145 Å². The number of hydrogen-bond acceptors (Lipinski definition) is 6. The molecule has 0 saturated heterocycles. The number of anilines is 3. The second kappa shape index (κ2) is 7.02. The highest BCUT2D eigenvalue weighted by atomic mass is 35.5. The fourth-order valence-corrected chi connectivity index (χ4v) is 2.49. The van der Waals surface area contributed by atoms with Gasteiger partial charge in [0.25, 0.3) is 0 Å². The minimum atomic E-state index is 0.00437. The van der Waals surface area contributed by atoms with Gasteiger partial charge in [-0.3, -0.25) is 0 Å². The largest absolute Gasteiger partial charge is 0.353 e. The molecule has 4 N–H and O–H groups in total. The highest BCUT2D eigenvalue weighted by Gasteiger charge is 2.13. The molecule has 0 aliphatic heterocycles. The summed E-state index contributed by atoms with van der Waals surface area (Å²) >= 11 is 6.05. The lowest BCUT2D eigenvalue weighted by Crippen LogP contribution is -2.26. The smallest absolute Gasteiger partial charge is 0.226 e. The van der Waals surface area contributed by atoms with E-state index in [-0.39, 0.29) is 6.04 Å². The Morgan fingerprint density at radius 2 is 2.17 bits per heavy atom. The van der Waals surface area contributed by atoms with Crippen LogP contribution in [0.3, 0.4) is 0 Å². The number of imidazole rings is 1. The molecule has 3 aromatic rings. The Hall–Kier alpha value is -2.38. The molecule has 0 saturated carbocycles. The second-order valence-corrected chi connectivity index (χ2v) is 6.03. The van der Waals surface area contributed by atoms with E-state index in [9.17, 15) is 0 Å². The van der Waals surface area contributed by atoms with Crippen molar-refractivity contribution in [1.82, 2.24) is 19.5 Å². The fraction of sp³-hybridized carbons (Fsp3) is 0.312. The predicted octanol–water partition coefficient (Wildman–Crippen LogP) is 3.00. The third-order valence-electron chi connectivity index (χ3n) is 3.47. The fourth-order valence-electron chi connectivity index (χ4n) is 2.30. The molecule has 1 unspecified atom stereocenters. The van der Waals surface area contributed by atoms with Crippen molar-refractivity contribution in [1.29, 1.82) is 0 Å². The normalized spacial score (nSPS) is 12.3. The number of benzene rings is 1. The summed E-state index contributed by atoms with van der Waals surface area (Å²) in [7, 11) is 0. The van der Waals surface area contributed by atoms with Gasteiger partial charge in [-0.2, -0.15) is 9.97 Å². The first-order chi connectivity index (χ1) is 11.6. The van der Waals surface area contributed by atoms with Crippen molar-refractivity contribution in [3.8, 4) is 0 Å². The molecule has 0 bridgehead atoms. The summed E-state index contributed by atoms with van der Waals surface area (Å²) in [5.41, 5.74) is 8.12. The van der Waals surface area contributed by atoms with Crippen LogP contribution in [-0.4, -0.2) is 32.1 Å². The van der Waals surface area contributed by atoms with Gasteiger partial charge in [0.05, 0.1) is 6.33 Å². The Balaban J connectivity index is 2.02. The Morgan fingerprint density at radius 3 is 2.88 bits per heavy atom. The summed E-state index contributed by atoms with van der Waals surface area (Å²) in [5, 5.41) is 7.08. The monoisotopic (exact) mass is 345 g/mol. The van der Waals surface area contributed by atoms with E-state index in [1.807, 2.05) is 42.7 Å². The minimum absolute atomic E-state index is 0.00437. The molecule has 0 aliphatic carbocycles. The zero-order valence-corrected chi connectivity index (χ0v) is 14.4. The zero-order valence-electron chi connectivity index (χ0n) is 13.6. The van der Waals surface area contributed by atoms with Gasteiger partial charge in [-0.25, -0.2) is 4.98 Å². The molecule has 0 amide bonds. The van der Waals surface area contributed by atoms with E-state index < -0.39 is 0 Å². The van der Waals surface area contributed by atoms with Gasteiger partial charge in [-0.1, -0.05) is 17.7 Å². The van der Waals surface area contributed by atoms with Crippen molar-refractivity contribution in [2.45, 2.75) is 26.4 Å². The lowest BCUT2D eigenvalue weighted by atomic mass is 10.3. The maximum atomic E-state index is 6.05. The Kier molecular flexibility index (Phi) is 4.82. The van der Waals surface area contributed by atoms with Crippen LogP contribution >= 0.6 is 11.6 Å². The van der Waals surface area contributed by atoms with Crippen LogP contribution < -0.4 is 16.4 Å². The molecule has 2 heterocycles. The maximum absolute atomic E-state index is 6.05. The average Bonchev–Trinajstić information content (AvgIpc) is 2.96. The summed E-state index contributed by atoms with van der Waals surface area (Å²) in [6.07, 6.45) is 1.76. The van der Waals surface area contributed by atoms with E-state index in [1.54, 1.807) is 6.33 Å². The maximum Gasteiger partial charge on any atom is 0.226 e. The molecule has 8 heteroatoms. The average molecular weight is 346 g/mol. The molecule has 1 atom stereocenters. The molecule has 0 fully saturated rings. The standard InChI is InChI=1S/C16H20ClN7/c1-3-24-9-20-13-14(21-12-6-4-5-11(17)7-12)22-16(23-15(13)24)19-8-10(2)18/h4-7,9-10H,3,8,18H2,1-2H3,(H2,19,21,22,23).